The van der Waals surface area contributed by atoms with Crippen LogP contribution in [0.2, 0.25) is 0 Å². The highest BCUT2D eigenvalue weighted by molar-refractivity contribution is 5.12. The molecule has 0 aromatic carbocycles. The fourth-order valence-corrected chi connectivity index (χ4v) is 1.41. The maximum atomic E-state index is 5.53. The summed E-state index contributed by atoms with van der Waals surface area (Å²) in [4.78, 5) is 0. The van der Waals surface area contributed by atoms with Crippen molar-refractivity contribution in [2.24, 2.45) is 0 Å². The van der Waals surface area contributed by atoms with Gasteiger partial charge in [-0.3, -0.25) is 4.68 Å². The van der Waals surface area contributed by atoms with Gasteiger partial charge in [0, 0.05) is 12.6 Å². The smallest absolute Gasteiger partial charge is 0.157 e. The van der Waals surface area contributed by atoms with E-state index in [1.165, 1.54) is 0 Å². The van der Waals surface area contributed by atoms with E-state index in [4.69, 9.17) is 9.26 Å². The summed E-state index contributed by atoms with van der Waals surface area (Å²) in [5.74, 6) is 1.55. The van der Waals surface area contributed by atoms with Crippen molar-refractivity contribution in [2.75, 3.05) is 0 Å². The normalized spacial score (nSPS) is 10.6. The van der Waals surface area contributed by atoms with Crippen LogP contribution in [0.4, 0.5) is 0 Å². The van der Waals surface area contributed by atoms with Crippen molar-refractivity contribution in [3.8, 4) is 5.75 Å². The number of rotatable bonds is 5. The molecule has 0 aliphatic carbocycles. The highest BCUT2D eigenvalue weighted by Crippen LogP contribution is 2.11. The second-order valence-electron chi connectivity index (χ2n) is 3.66. The van der Waals surface area contributed by atoms with Gasteiger partial charge >= 0.3 is 0 Å². The van der Waals surface area contributed by atoms with Crippen LogP contribution >= 0.6 is 0 Å². The summed E-state index contributed by atoms with van der Waals surface area (Å²) in [6.07, 6.45) is 4.66. The minimum Gasteiger partial charge on any atom is -0.484 e. The van der Waals surface area contributed by atoms with Crippen LogP contribution in [0, 0.1) is 6.92 Å². The molecule has 0 saturated carbocycles. The quantitative estimate of drug-likeness (QED) is 0.776. The van der Waals surface area contributed by atoms with Crippen LogP contribution in [0.1, 0.15) is 24.8 Å². The molecule has 0 saturated heterocycles. The van der Waals surface area contributed by atoms with Crippen molar-refractivity contribution >= 4 is 0 Å². The molecule has 2 heterocycles. The predicted molar refractivity (Wildman–Crippen MR) is 58.1 cm³/mol. The van der Waals surface area contributed by atoms with E-state index in [-0.39, 0.29) is 0 Å². The second kappa shape index (κ2) is 4.83. The predicted octanol–water partition coefficient (Wildman–Crippen LogP) is 2.17. The minimum absolute atomic E-state index is 0.412. The van der Waals surface area contributed by atoms with Crippen LogP contribution < -0.4 is 4.74 Å². The van der Waals surface area contributed by atoms with Crippen LogP contribution in [0.25, 0.3) is 0 Å². The molecule has 0 N–H and O–H groups in total. The molecule has 2 aromatic heterocycles. The maximum absolute atomic E-state index is 5.53. The van der Waals surface area contributed by atoms with E-state index in [9.17, 15) is 0 Å². The molecule has 0 spiro atoms. The molecule has 5 heteroatoms. The van der Waals surface area contributed by atoms with Gasteiger partial charge in [0.1, 0.15) is 18.1 Å². The van der Waals surface area contributed by atoms with Crippen molar-refractivity contribution in [1.82, 2.24) is 14.9 Å². The summed E-state index contributed by atoms with van der Waals surface area (Å²) in [7, 11) is 0. The second-order valence-corrected chi connectivity index (χ2v) is 3.66. The maximum Gasteiger partial charge on any atom is 0.157 e. The number of nitrogens with zero attached hydrogens (tertiary/aromatic N) is 3. The van der Waals surface area contributed by atoms with Gasteiger partial charge in [0.05, 0.1) is 12.4 Å². The van der Waals surface area contributed by atoms with E-state index in [0.29, 0.717) is 6.61 Å². The Morgan fingerprint density at radius 3 is 3.06 bits per heavy atom. The first-order valence-electron chi connectivity index (χ1n) is 5.35. The number of aromatic nitrogens is 3. The van der Waals surface area contributed by atoms with Crippen LogP contribution in [0.5, 0.6) is 5.75 Å². The van der Waals surface area contributed by atoms with E-state index < -0.39 is 0 Å². The molecule has 0 radical (unpaired) electrons. The first-order valence-corrected chi connectivity index (χ1v) is 5.35. The van der Waals surface area contributed by atoms with Gasteiger partial charge in [-0.1, -0.05) is 12.1 Å². The minimum atomic E-state index is 0.412. The van der Waals surface area contributed by atoms with Crippen molar-refractivity contribution in [2.45, 2.75) is 33.4 Å². The summed E-state index contributed by atoms with van der Waals surface area (Å²) in [5, 5.41) is 8.02. The number of aryl methyl sites for hydroxylation is 2. The Labute approximate surface area is 94.0 Å². The fraction of sp³-hybridized carbons (Fsp3) is 0.455. The average Bonchev–Trinajstić information content (AvgIpc) is 2.85. The third-order valence-electron chi connectivity index (χ3n) is 2.13. The lowest BCUT2D eigenvalue weighted by molar-refractivity contribution is 0.287. The molecule has 2 aromatic rings. The Morgan fingerprint density at radius 1 is 1.50 bits per heavy atom. The van der Waals surface area contributed by atoms with Crippen molar-refractivity contribution in [3.63, 3.8) is 0 Å². The highest BCUT2D eigenvalue weighted by atomic mass is 16.5. The van der Waals surface area contributed by atoms with E-state index >= 15 is 0 Å². The molecule has 0 fully saturated rings. The SMILES string of the molecule is CCCn1cc(OCc2cc(C)on2)cn1. The average molecular weight is 221 g/mol. The van der Waals surface area contributed by atoms with Crippen molar-refractivity contribution < 1.29 is 9.26 Å². The van der Waals surface area contributed by atoms with Crippen molar-refractivity contribution in [1.29, 1.82) is 0 Å². The summed E-state index contributed by atoms with van der Waals surface area (Å²) in [5.41, 5.74) is 0.792. The van der Waals surface area contributed by atoms with Crippen molar-refractivity contribution in [3.05, 3.63) is 29.9 Å². The Kier molecular flexibility index (Phi) is 3.24. The number of hydrogen-bond acceptors (Lipinski definition) is 4. The Morgan fingerprint density at radius 2 is 2.38 bits per heavy atom. The zero-order chi connectivity index (χ0) is 11.4. The molecular weight excluding hydrogens is 206 g/mol. The molecule has 0 aliphatic rings. The molecule has 2 rings (SSSR count). The number of hydrogen-bond donors (Lipinski definition) is 0. The molecule has 0 aliphatic heterocycles. The molecule has 5 nitrogen and oxygen atoms in total. The molecule has 0 amide bonds. The third-order valence-corrected chi connectivity index (χ3v) is 2.13. The van der Waals surface area contributed by atoms with E-state index in [1.54, 1.807) is 6.20 Å². The van der Waals surface area contributed by atoms with E-state index in [0.717, 1.165) is 30.2 Å². The van der Waals surface area contributed by atoms with Gasteiger partial charge in [-0.15, -0.1) is 0 Å². The van der Waals surface area contributed by atoms with Gasteiger partial charge in [0.15, 0.2) is 5.75 Å². The topological polar surface area (TPSA) is 53.1 Å². The zero-order valence-corrected chi connectivity index (χ0v) is 9.51. The lowest BCUT2D eigenvalue weighted by Gasteiger charge is -1.98. The lowest BCUT2D eigenvalue weighted by atomic mass is 10.4. The number of ether oxygens (including phenoxy) is 1. The van der Waals surface area contributed by atoms with Gasteiger partial charge in [-0.05, 0) is 13.3 Å². The fourth-order valence-electron chi connectivity index (χ4n) is 1.41. The largest absolute Gasteiger partial charge is 0.484 e. The van der Waals surface area contributed by atoms with Crippen LogP contribution in [0.3, 0.4) is 0 Å². The summed E-state index contributed by atoms with van der Waals surface area (Å²) in [6.45, 7) is 5.29. The lowest BCUT2D eigenvalue weighted by Crippen LogP contribution is -1.96. The molecule has 0 atom stereocenters. The molecule has 16 heavy (non-hydrogen) atoms. The van der Waals surface area contributed by atoms with E-state index in [1.807, 2.05) is 23.9 Å². The zero-order valence-electron chi connectivity index (χ0n) is 9.51. The van der Waals surface area contributed by atoms with E-state index in [2.05, 4.69) is 17.2 Å². The Hall–Kier alpha value is -1.78. The summed E-state index contributed by atoms with van der Waals surface area (Å²) in [6, 6.07) is 1.86. The molecule has 86 valence electrons. The summed E-state index contributed by atoms with van der Waals surface area (Å²) < 4.78 is 12.3. The van der Waals surface area contributed by atoms with Gasteiger partial charge in [0.25, 0.3) is 0 Å². The molecular formula is C11H15N3O2. The van der Waals surface area contributed by atoms with Gasteiger partial charge < -0.3 is 9.26 Å². The van der Waals surface area contributed by atoms with Crippen LogP contribution in [-0.4, -0.2) is 14.9 Å². The van der Waals surface area contributed by atoms with Crippen LogP contribution in [0.15, 0.2) is 23.0 Å². The highest BCUT2D eigenvalue weighted by Gasteiger charge is 2.03. The Bertz CT molecular complexity index is 448. The van der Waals surface area contributed by atoms with Crippen LogP contribution in [-0.2, 0) is 13.2 Å². The molecule has 0 bridgehead atoms. The molecule has 0 unspecified atom stereocenters. The van der Waals surface area contributed by atoms with Gasteiger partial charge in [-0.2, -0.15) is 5.10 Å². The first kappa shape index (κ1) is 10.7. The first-order chi connectivity index (χ1) is 7.78. The monoisotopic (exact) mass is 221 g/mol. The third kappa shape index (κ3) is 2.62. The summed E-state index contributed by atoms with van der Waals surface area (Å²) >= 11 is 0. The van der Waals surface area contributed by atoms with Gasteiger partial charge in [-0.25, -0.2) is 0 Å². The standard InChI is InChI=1S/C11H15N3O2/c1-3-4-14-7-11(6-12-14)15-8-10-5-9(2)16-13-10/h5-7H,3-4,8H2,1-2H3. The Balaban J connectivity index is 1.89. The van der Waals surface area contributed by atoms with Gasteiger partial charge in [0.2, 0.25) is 0 Å².